The van der Waals surface area contributed by atoms with Crippen molar-refractivity contribution in [2.24, 2.45) is 0 Å². The molecular weight excluding hydrogens is 278 g/mol. The standard InChI is InChI=1S/C16H23N5O/c1-12-10-13(2)21(19-12)11-14-6-4-5-9-20(14)16-17-8-7-15(18-16)22-3/h7-8,10,14H,4-6,9,11H2,1-3H3. The zero-order valence-corrected chi connectivity index (χ0v) is 13.5. The molecule has 6 nitrogen and oxygen atoms in total. The van der Waals surface area contributed by atoms with E-state index in [1.54, 1.807) is 19.4 Å². The number of ether oxygens (including phenoxy) is 1. The Labute approximate surface area is 131 Å². The fourth-order valence-electron chi connectivity index (χ4n) is 3.10. The van der Waals surface area contributed by atoms with Crippen molar-refractivity contribution in [1.29, 1.82) is 0 Å². The van der Waals surface area contributed by atoms with E-state index in [1.807, 2.05) is 6.92 Å². The van der Waals surface area contributed by atoms with Gasteiger partial charge in [0.1, 0.15) is 0 Å². The molecule has 0 radical (unpaired) electrons. The van der Waals surface area contributed by atoms with Gasteiger partial charge in [-0.15, -0.1) is 0 Å². The topological polar surface area (TPSA) is 56.1 Å². The van der Waals surface area contributed by atoms with Crippen molar-refractivity contribution in [3.8, 4) is 5.88 Å². The van der Waals surface area contributed by atoms with Gasteiger partial charge < -0.3 is 9.64 Å². The first-order valence-corrected chi connectivity index (χ1v) is 7.82. The molecule has 118 valence electrons. The fraction of sp³-hybridized carbons (Fsp3) is 0.562. The highest BCUT2D eigenvalue weighted by Crippen LogP contribution is 2.24. The lowest BCUT2D eigenvalue weighted by Crippen LogP contribution is -2.43. The van der Waals surface area contributed by atoms with Crippen LogP contribution in [0.4, 0.5) is 5.95 Å². The van der Waals surface area contributed by atoms with E-state index >= 15 is 0 Å². The van der Waals surface area contributed by atoms with E-state index in [0.717, 1.165) is 31.2 Å². The second kappa shape index (κ2) is 6.34. The molecule has 0 saturated carbocycles. The van der Waals surface area contributed by atoms with E-state index < -0.39 is 0 Å². The van der Waals surface area contributed by atoms with Gasteiger partial charge in [0.05, 0.1) is 25.4 Å². The number of hydrogen-bond acceptors (Lipinski definition) is 5. The number of hydrogen-bond donors (Lipinski definition) is 0. The maximum absolute atomic E-state index is 5.23. The summed E-state index contributed by atoms with van der Waals surface area (Å²) in [5.74, 6) is 1.37. The van der Waals surface area contributed by atoms with Crippen LogP contribution >= 0.6 is 0 Å². The molecule has 0 amide bonds. The van der Waals surface area contributed by atoms with Crippen LogP contribution in [-0.2, 0) is 6.54 Å². The molecule has 0 aromatic carbocycles. The average molecular weight is 301 g/mol. The highest BCUT2D eigenvalue weighted by Gasteiger charge is 2.26. The molecule has 2 aromatic heterocycles. The minimum Gasteiger partial charge on any atom is -0.481 e. The van der Waals surface area contributed by atoms with E-state index in [4.69, 9.17) is 4.74 Å². The molecule has 6 heteroatoms. The third kappa shape index (κ3) is 3.05. The van der Waals surface area contributed by atoms with Gasteiger partial charge in [-0.3, -0.25) is 4.68 Å². The van der Waals surface area contributed by atoms with Gasteiger partial charge in [0, 0.05) is 24.5 Å². The van der Waals surface area contributed by atoms with E-state index in [0.29, 0.717) is 11.9 Å². The monoisotopic (exact) mass is 301 g/mol. The highest BCUT2D eigenvalue weighted by molar-refractivity contribution is 5.34. The summed E-state index contributed by atoms with van der Waals surface area (Å²) in [5.41, 5.74) is 2.27. The maximum Gasteiger partial charge on any atom is 0.228 e. The summed E-state index contributed by atoms with van der Waals surface area (Å²) in [6.07, 6.45) is 5.31. The number of piperidine rings is 1. The smallest absolute Gasteiger partial charge is 0.228 e. The lowest BCUT2D eigenvalue weighted by atomic mass is 10.0. The second-order valence-electron chi connectivity index (χ2n) is 5.85. The Morgan fingerprint density at radius 2 is 2.18 bits per heavy atom. The molecule has 1 aliphatic heterocycles. The molecule has 1 atom stereocenters. The van der Waals surface area contributed by atoms with Crippen molar-refractivity contribution in [2.45, 2.75) is 45.7 Å². The third-order valence-electron chi connectivity index (χ3n) is 4.20. The van der Waals surface area contributed by atoms with Crippen molar-refractivity contribution in [3.63, 3.8) is 0 Å². The van der Waals surface area contributed by atoms with E-state index in [1.165, 1.54) is 18.5 Å². The molecule has 2 aromatic rings. The highest BCUT2D eigenvalue weighted by atomic mass is 16.5. The van der Waals surface area contributed by atoms with Crippen LogP contribution in [0.2, 0.25) is 0 Å². The first-order chi connectivity index (χ1) is 10.7. The molecule has 0 bridgehead atoms. The Morgan fingerprint density at radius 1 is 1.32 bits per heavy atom. The number of nitrogens with zero attached hydrogens (tertiary/aromatic N) is 5. The lowest BCUT2D eigenvalue weighted by molar-refractivity contribution is 0.379. The van der Waals surface area contributed by atoms with Gasteiger partial charge in [0.2, 0.25) is 11.8 Å². The van der Waals surface area contributed by atoms with Crippen LogP contribution in [-0.4, -0.2) is 39.4 Å². The number of rotatable bonds is 4. The average Bonchev–Trinajstić information content (AvgIpc) is 2.85. The van der Waals surface area contributed by atoms with Gasteiger partial charge in [0.15, 0.2) is 0 Å². The zero-order chi connectivity index (χ0) is 15.5. The Morgan fingerprint density at radius 3 is 2.91 bits per heavy atom. The maximum atomic E-state index is 5.23. The van der Waals surface area contributed by atoms with Crippen LogP contribution in [0.5, 0.6) is 5.88 Å². The normalized spacial score (nSPS) is 18.5. The number of aromatic nitrogens is 4. The summed E-state index contributed by atoms with van der Waals surface area (Å²) < 4.78 is 7.32. The predicted octanol–water partition coefficient (Wildman–Crippen LogP) is 2.36. The molecule has 1 fully saturated rings. The van der Waals surface area contributed by atoms with Crippen LogP contribution in [0.3, 0.4) is 0 Å². The SMILES string of the molecule is COc1ccnc(N2CCCCC2Cn2nc(C)cc2C)n1. The van der Waals surface area contributed by atoms with Crippen LogP contribution in [0.25, 0.3) is 0 Å². The molecular formula is C16H23N5O. The number of anilines is 1. The predicted molar refractivity (Wildman–Crippen MR) is 85.3 cm³/mol. The summed E-state index contributed by atoms with van der Waals surface area (Å²) in [7, 11) is 1.63. The minimum absolute atomic E-state index is 0.374. The lowest BCUT2D eigenvalue weighted by Gasteiger charge is -2.35. The van der Waals surface area contributed by atoms with Crippen molar-refractivity contribution in [3.05, 3.63) is 29.7 Å². The van der Waals surface area contributed by atoms with Crippen LogP contribution < -0.4 is 9.64 Å². The molecule has 0 aliphatic carbocycles. The van der Waals surface area contributed by atoms with E-state index in [9.17, 15) is 0 Å². The van der Waals surface area contributed by atoms with Gasteiger partial charge in [-0.25, -0.2) is 4.98 Å². The quantitative estimate of drug-likeness (QED) is 0.867. The van der Waals surface area contributed by atoms with Crippen molar-refractivity contribution < 1.29 is 4.74 Å². The van der Waals surface area contributed by atoms with Gasteiger partial charge in [-0.2, -0.15) is 10.1 Å². The molecule has 0 N–H and O–H groups in total. The minimum atomic E-state index is 0.374. The fourth-order valence-corrected chi connectivity index (χ4v) is 3.10. The Hall–Kier alpha value is -2.11. The first kappa shape index (κ1) is 14.8. The summed E-state index contributed by atoms with van der Waals surface area (Å²) in [6.45, 7) is 6.00. The molecule has 1 aliphatic rings. The summed E-state index contributed by atoms with van der Waals surface area (Å²) >= 11 is 0. The molecule has 1 saturated heterocycles. The van der Waals surface area contributed by atoms with Gasteiger partial charge in [-0.05, 0) is 39.2 Å². The second-order valence-corrected chi connectivity index (χ2v) is 5.85. The van der Waals surface area contributed by atoms with E-state index in [2.05, 4.69) is 37.6 Å². The number of aryl methyl sites for hydroxylation is 2. The largest absolute Gasteiger partial charge is 0.481 e. The summed E-state index contributed by atoms with van der Waals surface area (Å²) in [6, 6.07) is 4.28. The van der Waals surface area contributed by atoms with Crippen LogP contribution in [0, 0.1) is 13.8 Å². The van der Waals surface area contributed by atoms with Gasteiger partial charge in [0.25, 0.3) is 0 Å². The molecule has 1 unspecified atom stereocenters. The molecule has 22 heavy (non-hydrogen) atoms. The first-order valence-electron chi connectivity index (χ1n) is 7.82. The van der Waals surface area contributed by atoms with Crippen molar-refractivity contribution in [2.75, 3.05) is 18.6 Å². The Bertz CT molecular complexity index is 639. The van der Waals surface area contributed by atoms with E-state index in [-0.39, 0.29) is 0 Å². The summed E-state index contributed by atoms with van der Waals surface area (Å²) in [5, 5.41) is 4.59. The number of methoxy groups -OCH3 is 1. The Balaban J connectivity index is 1.83. The van der Waals surface area contributed by atoms with Crippen LogP contribution in [0.15, 0.2) is 18.3 Å². The Kier molecular flexibility index (Phi) is 4.27. The molecule has 3 rings (SSSR count). The van der Waals surface area contributed by atoms with Crippen molar-refractivity contribution in [1.82, 2.24) is 19.7 Å². The van der Waals surface area contributed by atoms with Crippen molar-refractivity contribution >= 4 is 5.95 Å². The zero-order valence-electron chi connectivity index (χ0n) is 13.5. The summed E-state index contributed by atoms with van der Waals surface area (Å²) in [4.78, 5) is 11.2. The van der Waals surface area contributed by atoms with Crippen LogP contribution in [0.1, 0.15) is 30.7 Å². The molecule has 0 spiro atoms. The van der Waals surface area contributed by atoms with Gasteiger partial charge in [-0.1, -0.05) is 0 Å². The van der Waals surface area contributed by atoms with Gasteiger partial charge >= 0.3 is 0 Å². The molecule has 3 heterocycles. The third-order valence-corrected chi connectivity index (χ3v) is 4.20.